The second-order valence-corrected chi connectivity index (χ2v) is 6.82. The van der Waals surface area contributed by atoms with Gasteiger partial charge in [-0.05, 0) is 37.3 Å². The lowest BCUT2D eigenvalue weighted by Crippen LogP contribution is -2.24. The Kier molecular flexibility index (Phi) is 5.52. The molecule has 31 heavy (non-hydrogen) atoms. The number of carbonyl (C=O) groups excluding carboxylic acids is 2. The van der Waals surface area contributed by atoms with Crippen molar-refractivity contribution in [2.24, 2.45) is 0 Å². The van der Waals surface area contributed by atoms with Gasteiger partial charge in [-0.2, -0.15) is 5.10 Å². The third kappa shape index (κ3) is 4.18. The van der Waals surface area contributed by atoms with Gasteiger partial charge in [0.15, 0.2) is 5.82 Å². The van der Waals surface area contributed by atoms with Gasteiger partial charge in [0.25, 0.3) is 5.91 Å². The Hall–Kier alpha value is -3.95. The Morgan fingerprint density at radius 3 is 2.58 bits per heavy atom. The molecule has 2 amide bonds. The SMILES string of the molecule is CCNC(=O)Cc1ccc(Nc2cc(-c3c(F)cccc3F)nc3c2C(=O)NC3)nn1. The van der Waals surface area contributed by atoms with E-state index in [-0.39, 0.29) is 41.6 Å². The molecule has 0 radical (unpaired) electrons. The Labute approximate surface area is 176 Å². The van der Waals surface area contributed by atoms with Gasteiger partial charge >= 0.3 is 0 Å². The summed E-state index contributed by atoms with van der Waals surface area (Å²) in [6, 6.07) is 8.18. The van der Waals surface area contributed by atoms with Crippen molar-refractivity contribution in [3.63, 3.8) is 0 Å². The molecule has 3 heterocycles. The molecule has 0 unspecified atom stereocenters. The van der Waals surface area contributed by atoms with Crippen LogP contribution < -0.4 is 16.0 Å². The zero-order valence-corrected chi connectivity index (χ0v) is 16.5. The number of pyridine rings is 1. The maximum absolute atomic E-state index is 14.3. The molecule has 0 saturated carbocycles. The minimum absolute atomic E-state index is 0.0502. The van der Waals surface area contributed by atoms with Crippen LogP contribution >= 0.6 is 0 Å². The molecule has 8 nitrogen and oxygen atoms in total. The summed E-state index contributed by atoms with van der Waals surface area (Å²) in [5.74, 6) is -1.74. The molecule has 1 aromatic carbocycles. The largest absolute Gasteiger partial charge is 0.356 e. The predicted octanol–water partition coefficient (Wildman–Crippen LogP) is 2.48. The lowest BCUT2D eigenvalue weighted by molar-refractivity contribution is -0.120. The Morgan fingerprint density at radius 1 is 1.13 bits per heavy atom. The summed E-state index contributed by atoms with van der Waals surface area (Å²) in [5, 5.41) is 16.3. The smallest absolute Gasteiger partial charge is 0.255 e. The molecule has 3 N–H and O–H groups in total. The summed E-state index contributed by atoms with van der Waals surface area (Å²) in [5.41, 5.74) is 1.18. The van der Waals surface area contributed by atoms with Crippen molar-refractivity contribution in [1.29, 1.82) is 0 Å². The molecule has 10 heteroatoms. The molecule has 0 spiro atoms. The number of aromatic nitrogens is 3. The van der Waals surface area contributed by atoms with Crippen LogP contribution in [0.25, 0.3) is 11.3 Å². The normalized spacial score (nSPS) is 12.3. The van der Waals surface area contributed by atoms with Gasteiger partial charge in [-0.3, -0.25) is 9.59 Å². The molecule has 0 atom stereocenters. The third-order valence-electron chi connectivity index (χ3n) is 4.65. The fourth-order valence-corrected chi connectivity index (χ4v) is 3.28. The number of halogens is 2. The van der Waals surface area contributed by atoms with E-state index >= 15 is 0 Å². The molecule has 0 fully saturated rings. The number of nitrogens with zero attached hydrogens (tertiary/aromatic N) is 3. The second kappa shape index (κ2) is 8.42. The van der Waals surface area contributed by atoms with Crippen LogP contribution in [0, 0.1) is 11.6 Å². The Bertz CT molecular complexity index is 1150. The van der Waals surface area contributed by atoms with Gasteiger partial charge in [-0.1, -0.05) is 6.07 Å². The summed E-state index contributed by atoms with van der Waals surface area (Å²) in [4.78, 5) is 28.2. The first-order chi connectivity index (χ1) is 15.0. The summed E-state index contributed by atoms with van der Waals surface area (Å²) in [6.45, 7) is 2.48. The highest BCUT2D eigenvalue weighted by molar-refractivity contribution is 6.04. The Morgan fingerprint density at radius 2 is 1.90 bits per heavy atom. The first-order valence-corrected chi connectivity index (χ1v) is 9.59. The van der Waals surface area contributed by atoms with E-state index in [1.807, 2.05) is 6.92 Å². The molecule has 4 rings (SSSR count). The lowest BCUT2D eigenvalue weighted by Gasteiger charge is -2.12. The summed E-state index contributed by atoms with van der Waals surface area (Å²) in [7, 11) is 0. The highest BCUT2D eigenvalue weighted by Gasteiger charge is 2.27. The lowest BCUT2D eigenvalue weighted by atomic mass is 10.1. The minimum Gasteiger partial charge on any atom is -0.356 e. The molecule has 0 saturated heterocycles. The van der Waals surface area contributed by atoms with Crippen LogP contribution in [0.4, 0.5) is 20.3 Å². The molecule has 0 bridgehead atoms. The average Bonchev–Trinajstić information content (AvgIpc) is 3.11. The van der Waals surface area contributed by atoms with Gasteiger partial charge in [0, 0.05) is 6.54 Å². The van der Waals surface area contributed by atoms with Crippen molar-refractivity contribution in [2.45, 2.75) is 19.9 Å². The molecule has 1 aliphatic rings. The maximum Gasteiger partial charge on any atom is 0.255 e. The van der Waals surface area contributed by atoms with Crippen molar-refractivity contribution in [3.05, 3.63) is 65.0 Å². The van der Waals surface area contributed by atoms with E-state index in [0.29, 0.717) is 29.4 Å². The predicted molar refractivity (Wildman–Crippen MR) is 108 cm³/mol. The minimum atomic E-state index is -0.759. The van der Waals surface area contributed by atoms with Crippen LogP contribution in [0.5, 0.6) is 0 Å². The number of anilines is 2. The fourth-order valence-electron chi connectivity index (χ4n) is 3.28. The van der Waals surface area contributed by atoms with Gasteiger partial charge in [0.1, 0.15) is 11.6 Å². The number of hydrogen-bond donors (Lipinski definition) is 3. The standard InChI is InChI=1S/C21H18F2N6O2/c1-2-24-18(30)8-11-6-7-17(29-28-11)27-15-9-14(19-12(22)4-3-5-13(19)23)26-16-10-25-21(31)20(15)16/h3-7,9H,2,8,10H2,1H3,(H,24,30)(H,25,31)(H,26,27,29). The summed E-state index contributed by atoms with van der Waals surface area (Å²) >= 11 is 0. The molecule has 3 aromatic rings. The third-order valence-corrected chi connectivity index (χ3v) is 4.65. The highest BCUT2D eigenvalue weighted by Crippen LogP contribution is 2.32. The molecule has 158 valence electrons. The molecular weight excluding hydrogens is 406 g/mol. The van der Waals surface area contributed by atoms with Gasteiger partial charge < -0.3 is 16.0 Å². The number of likely N-dealkylation sites (N-methyl/N-ethyl adjacent to an activating group) is 1. The number of amides is 2. The second-order valence-electron chi connectivity index (χ2n) is 6.82. The molecule has 1 aliphatic heterocycles. The van der Waals surface area contributed by atoms with Crippen LogP contribution in [0.3, 0.4) is 0 Å². The highest BCUT2D eigenvalue weighted by atomic mass is 19.1. The molecule has 2 aromatic heterocycles. The number of carbonyl (C=O) groups is 2. The van der Waals surface area contributed by atoms with Gasteiger partial charge in [0.2, 0.25) is 5.91 Å². The Balaban J connectivity index is 1.67. The van der Waals surface area contributed by atoms with Crippen LogP contribution in [-0.4, -0.2) is 33.5 Å². The van der Waals surface area contributed by atoms with Gasteiger partial charge in [-0.25, -0.2) is 13.8 Å². The van der Waals surface area contributed by atoms with Crippen molar-refractivity contribution < 1.29 is 18.4 Å². The average molecular weight is 424 g/mol. The van der Waals surface area contributed by atoms with E-state index in [0.717, 1.165) is 12.1 Å². The first-order valence-electron chi connectivity index (χ1n) is 9.59. The zero-order valence-electron chi connectivity index (χ0n) is 16.5. The van der Waals surface area contributed by atoms with E-state index < -0.39 is 11.6 Å². The van der Waals surface area contributed by atoms with Gasteiger partial charge in [0.05, 0.1) is 46.9 Å². The molecular formula is C21H18F2N6O2. The van der Waals surface area contributed by atoms with E-state index in [2.05, 4.69) is 31.1 Å². The van der Waals surface area contributed by atoms with Crippen LogP contribution in [0.1, 0.15) is 28.7 Å². The first kappa shape index (κ1) is 20.3. The number of fused-ring (bicyclic) bond motifs is 1. The van der Waals surface area contributed by atoms with E-state index in [1.54, 1.807) is 12.1 Å². The molecule has 0 aliphatic carbocycles. The van der Waals surface area contributed by atoms with Gasteiger partial charge in [-0.15, -0.1) is 5.10 Å². The van der Waals surface area contributed by atoms with Crippen LogP contribution in [-0.2, 0) is 17.8 Å². The van der Waals surface area contributed by atoms with Crippen LogP contribution in [0.15, 0.2) is 36.4 Å². The van der Waals surface area contributed by atoms with Crippen molar-refractivity contribution >= 4 is 23.3 Å². The van der Waals surface area contributed by atoms with Crippen molar-refractivity contribution in [1.82, 2.24) is 25.8 Å². The van der Waals surface area contributed by atoms with E-state index in [9.17, 15) is 18.4 Å². The number of nitrogens with one attached hydrogen (secondary N) is 3. The van der Waals surface area contributed by atoms with Crippen LogP contribution in [0.2, 0.25) is 0 Å². The van der Waals surface area contributed by atoms with E-state index in [4.69, 9.17) is 0 Å². The van der Waals surface area contributed by atoms with Crippen molar-refractivity contribution in [3.8, 4) is 11.3 Å². The van der Waals surface area contributed by atoms with E-state index in [1.165, 1.54) is 12.1 Å². The zero-order chi connectivity index (χ0) is 22.0. The number of hydrogen-bond acceptors (Lipinski definition) is 6. The fraction of sp³-hybridized carbons (Fsp3) is 0.190. The summed E-state index contributed by atoms with van der Waals surface area (Å²) < 4.78 is 28.6. The number of rotatable bonds is 6. The number of benzene rings is 1. The maximum atomic E-state index is 14.3. The quantitative estimate of drug-likeness (QED) is 0.561. The van der Waals surface area contributed by atoms with Crippen molar-refractivity contribution in [2.75, 3.05) is 11.9 Å². The summed E-state index contributed by atoms with van der Waals surface area (Å²) in [6.07, 6.45) is 0.0882. The topological polar surface area (TPSA) is 109 Å². The monoisotopic (exact) mass is 424 g/mol.